The Hall–Kier alpha value is -0.0938. The number of hydrogen-bond acceptors (Lipinski definition) is 2. The molecule has 1 N–H and O–H groups in total. The molecule has 1 rings (SSSR count). The van der Waals surface area contributed by atoms with Crippen molar-refractivity contribution in [2.24, 2.45) is 0 Å². The Bertz CT molecular complexity index is 71.8. The molecule has 0 radical (unpaired) electrons. The molecule has 1 aromatic heterocycles. The van der Waals surface area contributed by atoms with E-state index in [1.54, 1.807) is 0 Å². The van der Waals surface area contributed by atoms with Crippen LogP contribution in [0.15, 0.2) is 12.7 Å². The summed E-state index contributed by atoms with van der Waals surface area (Å²) in [7, 11) is 0. The second kappa shape index (κ2) is 3.11. The van der Waals surface area contributed by atoms with Crippen molar-refractivity contribution in [3.63, 3.8) is 0 Å². The molecule has 0 saturated carbocycles. The molecule has 0 aliphatic rings. The number of aromatic amines is 1. The van der Waals surface area contributed by atoms with Gasteiger partial charge in [-0.25, -0.2) is 4.98 Å². The number of hydrogen-bond donors (Lipinski definition) is 1. The van der Waals surface area contributed by atoms with Gasteiger partial charge in [-0.15, -0.1) is 0 Å². The van der Waals surface area contributed by atoms with Crippen molar-refractivity contribution in [3.8, 4) is 0 Å². The molecular formula is C2H5MgN3. The summed E-state index contributed by atoms with van der Waals surface area (Å²) >= 11 is 0. The molecule has 0 aromatic carbocycles. The van der Waals surface area contributed by atoms with Crippen LogP contribution < -0.4 is 0 Å². The van der Waals surface area contributed by atoms with Crippen LogP contribution in [0.4, 0.5) is 0 Å². The molecule has 1 aromatic rings. The van der Waals surface area contributed by atoms with Crippen LogP contribution in [0.5, 0.6) is 0 Å². The van der Waals surface area contributed by atoms with Crippen LogP contribution in [-0.2, 0) is 0 Å². The van der Waals surface area contributed by atoms with E-state index >= 15 is 0 Å². The zero-order valence-electron chi connectivity index (χ0n) is 5.26. The molecule has 0 bridgehead atoms. The SMILES string of the molecule is [H-].[H-].[Mg+2].c1nc[nH]n1. The largest absolute Gasteiger partial charge is 2.00 e. The zero-order chi connectivity index (χ0) is 3.54. The molecule has 0 aliphatic heterocycles. The summed E-state index contributed by atoms with van der Waals surface area (Å²) in [6.45, 7) is 0. The van der Waals surface area contributed by atoms with E-state index in [2.05, 4.69) is 15.2 Å². The van der Waals surface area contributed by atoms with Crippen molar-refractivity contribution in [2.75, 3.05) is 0 Å². The predicted molar refractivity (Wildman–Crippen MR) is 24.4 cm³/mol. The van der Waals surface area contributed by atoms with E-state index in [4.69, 9.17) is 0 Å². The Morgan fingerprint density at radius 3 is 2.67 bits per heavy atom. The Balaban J connectivity index is -0.0000000833. The Morgan fingerprint density at radius 1 is 1.67 bits per heavy atom. The molecule has 30 valence electrons. The van der Waals surface area contributed by atoms with Crippen LogP contribution in [0.3, 0.4) is 0 Å². The topological polar surface area (TPSA) is 41.6 Å². The molecule has 0 fully saturated rings. The van der Waals surface area contributed by atoms with Crippen LogP contribution in [0.1, 0.15) is 2.85 Å². The fourth-order valence-corrected chi connectivity index (χ4v) is 0.167. The van der Waals surface area contributed by atoms with Gasteiger partial charge in [0.1, 0.15) is 12.7 Å². The predicted octanol–water partition coefficient (Wildman–Crippen LogP) is -0.351. The van der Waals surface area contributed by atoms with Gasteiger partial charge in [0.05, 0.1) is 0 Å². The molecule has 0 saturated heterocycles. The summed E-state index contributed by atoms with van der Waals surface area (Å²) in [6, 6.07) is 0. The van der Waals surface area contributed by atoms with Gasteiger partial charge in [0, 0.05) is 0 Å². The first-order chi connectivity index (χ1) is 2.50. The summed E-state index contributed by atoms with van der Waals surface area (Å²) in [5.41, 5.74) is 0. The van der Waals surface area contributed by atoms with Crippen molar-refractivity contribution in [2.45, 2.75) is 0 Å². The van der Waals surface area contributed by atoms with Crippen molar-refractivity contribution in [1.29, 1.82) is 0 Å². The summed E-state index contributed by atoms with van der Waals surface area (Å²) in [5.74, 6) is 0. The molecule has 4 heteroatoms. The first-order valence-electron chi connectivity index (χ1n) is 1.29. The van der Waals surface area contributed by atoms with Gasteiger partial charge in [-0.3, -0.25) is 5.10 Å². The quantitative estimate of drug-likeness (QED) is 0.448. The van der Waals surface area contributed by atoms with E-state index in [9.17, 15) is 0 Å². The van der Waals surface area contributed by atoms with E-state index in [1.807, 2.05) is 0 Å². The molecule has 1 heterocycles. The van der Waals surface area contributed by atoms with E-state index in [0.29, 0.717) is 0 Å². The maximum Gasteiger partial charge on any atom is 2.00 e. The van der Waals surface area contributed by atoms with Crippen LogP contribution in [0, 0.1) is 0 Å². The second-order valence-corrected chi connectivity index (χ2v) is 0.652. The number of rotatable bonds is 0. The molecule has 3 nitrogen and oxygen atoms in total. The first-order valence-corrected chi connectivity index (χ1v) is 1.29. The van der Waals surface area contributed by atoms with E-state index in [-0.39, 0.29) is 25.9 Å². The number of nitrogens with one attached hydrogen (secondary N) is 1. The van der Waals surface area contributed by atoms with Gasteiger partial charge in [0.15, 0.2) is 0 Å². The van der Waals surface area contributed by atoms with E-state index in [0.717, 1.165) is 0 Å². The number of H-pyrrole nitrogens is 1. The minimum atomic E-state index is 0. The standard InChI is InChI=1S/C2H3N3.Mg.2H/c1-3-2-5-4-1;;;/h1-2H,(H,3,4,5);;;/q;+2;2*-1. The fourth-order valence-electron chi connectivity index (χ4n) is 0.167. The van der Waals surface area contributed by atoms with Crippen LogP contribution in [0.2, 0.25) is 0 Å². The Labute approximate surface area is 54.3 Å². The average molecular weight is 95.4 g/mol. The van der Waals surface area contributed by atoms with Crippen molar-refractivity contribution in [1.82, 2.24) is 15.2 Å². The van der Waals surface area contributed by atoms with E-state index < -0.39 is 0 Å². The van der Waals surface area contributed by atoms with E-state index in [1.165, 1.54) is 12.7 Å². The van der Waals surface area contributed by atoms with Gasteiger partial charge in [-0.1, -0.05) is 0 Å². The third-order valence-corrected chi connectivity index (χ3v) is 0.331. The fraction of sp³-hybridized carbons (Fsp3) is 0. The molecule has 0 spiro atoms. The minimum Gasteiger partial charge on any atom is -1.00 e. The Kier molecular flexibility index (Phi) is 3.06. The number of aromatic nitrogens is 3. The maximum atomic E-state index is 3.56. The van der Waals surface area contributed by atoms with Crippen LogP contribution in [-0.4, -0.2) is 38.2 Å². The normalized spacial score (nSPS) is 6.67. The van der Waals surface area contributed by atoms with Gasteiger partial charge in [-0.05, 0) is 0 Å². The van der Waals surface area contributed by atoms with Gasteiger partial charge < -0.3 is 2.85 Å². The van der Waals surface area contributed by atoms with Gasteiger partial charge in [-0.2, -0.15) is 5.10 Å². The molecule has 0 aliphatic carbocycles. The third kappa shape index (κ3) is 1.37. The smallest absolute Gasteiger partial charge is 1.00 e. The molecular weight excluding hydrogens is 90.3 g/mol. The monoisotopic (exact) mass is 95.0 g/mol. The second-order valence-electron chi connectivity index (χ2n) is 0.652. The number of nitrogens with zero attached hydrogens (tertiary/aromatic N) is 2. The summed E-state index contributed by atoms with van der Waals surface area (Å²) < 4.78 is 0. The van der Waals surface area contributed by atoms with Crippen molar-refractivity contribution < 1.29 is 2.85 Å². The maximum absolute atomic E-state index is 3.56. The van der Waals surface area contributed by atoms with Gasteiger partial charge in [0.25, 0.3) is 0 Å². The molecule has 0 atom stereocenters. The van der Waals surface area contributed by atoms with Gasteiger partial charge in [0.2, 0.25) is 0 Å². The molecule has 0 amide bonds. The van der Waals surface area contributed by atoms with Crippen LogP contribution >= 0.6 is 0 Å². The first kappa shape index (κ1) is 5.91. The average Bonchev–Trinajstić information content (AvgIpc) is 1.76. The van der Waals surface area contributed by atoms with Gasteiger partial charge >= 0.3 is 23.1 Å². The summed E-state index contributed by atoms with van der Waals surface area (Å²) in [4.78, 5) is 3.56. The molecule has 6 heavy (non-hydrogen) atoms. The summed E-state index contributed by atoms with van der Waals surface area (Å²) in [5, 5.41) is 5.99. The van der Waals surface area contributed by atoms with Crippen molar-refractivity contribution in [3.05, 3.63) is 12.7 Å². The summed E-state index contributed by atoms with van der Waals surface area (Å²) in [6.07, 6.45) is 2.96. The third-order valence-electron chi connectivity index (χ3n) is 0.331. The van der Waals surface area contributed by atoms with Crippen LogP contribution in [0.25, 0.3) is 0 Å². The Morgan fingerprint density at radius 2 is 2.50 bits per heavy atom. The van der Waals surface area contributed by atoms with Crippen molar-refractivity contribution >= 4 is 23.1 Å². The molecule has 0 unspecified atom stereocenters. The minimum absolute atomic E-state index is 0. The zero-order valence-corrected chi connectivity index (χ0v) is 4.67.